The maximum atomic E-state index is 4.44. The highest BCUT2D eigenvalue weighted by Crippen LogP contribution is 2.33. The maximum absolute atomic E-state index is 4.44. The Hall–Kier alpha value is -3.86. The third kappa shape index (κ3) is 3.35. The van der Waals surface area contributed by atoms with Crippen molar-refractivity contribution in [2.45, 2.75) is 6.04 Å². The number of allylic oxidation sites excluding steroid dienone is 1. The first-order valence-corrected chi connectivity index (χ1v) is 10.0. The average Bonchev–Trinajstić information content (AvgIpc) is 3.28. The number of hydrogen-bond acceptors (Lipinski definition) is 4. The van der Waals surface area contributed by atoms with Gasteiger partial charge in [-0.2, -0.15) is 10.1 Å². The Balaban J connectivity index is 1.49. The third-order valence-corrected chi connectivity index (χ3v) is 5.46. The van der Waals surface area contributed by atoms with Gasteiger partial charge in [-0.1, -0.05) is 66.7 Å². The van der Waals surface area contributed by atoms with E-state index in [-0.39, 0.29) is 6.04 Å². The van der Waals surface area contributed by atoms with Crippen molar-refractivity contribution in [1.29, 1.82) is 0 Å². The van der Waals surface area contributed by atoms with E-state index in [0.29, 0.717) is 0 Å². The molecule has 5 nitrogen and oxygen atoms in total. The molecule has 1 aromatic heterocycles. The van der Waals surface area contributed by atoms with Crippen molar-refractivity contribution >= 4 is 17.3 Å². The van der Waals surface area contributed by atoms with E-state index in [1.54, 1.807) is 6.33 Å². The molecule has 0 unspecified atom stereocenters. The minimum Gasteiger partial charge on any atom is -0.378 e. The van der Waals surface area contributed by atoms with Crippen LogP contribution in [0.2, 0.25) is 0 Å². The number of aromatic nitrogens is 3. The van der Waals surface area contributed by atoms with Gasteiger partial charge in [0, 0.05) is 25.5 Å². The van der Waals surface area contributed by atoms with Crippen LogP contribution in [-0.2, 0) is 0 Å². The van der Waals surface area contributed by atoms with E-state index in [1.165, 1.54) is 22.4 Å². The number of benzene rings is 3. The van der Waals surface area contributed by atoms with Crippen LogP contribution in [0.4, 0.5) is 11.6 Å². The molecule has 1 aliphatic rings. The molecule has 0 saturated heterocycles. The predicted molar refractivity (Wildman–Crippen MR) is 122 cm³/mol. The summed E-state index contributed by atoms with van der Waals surface area (Å²) in [6.45, 7) is 0. The van der Waals surface area contributed by atoms with Gasteiger partial charge in [-0.25, -0.2) is 4.68 Å². The van der Waals surface area contributed by atoms with Crippen LogP contribution < -0.4 is 10.2 Å². The molecule has 3 aromatic carbocycles. The van der Waals surface area contributed by atoms with E-state index in [2.05, 4.69) is 99.2 Å². The number of nitrogens with zero attached hydrogens (tertiary/aromatic N) is 4. The molecule has 4 aromatic rings. The Morgan fingerprint density at radius 3 is 2.17 bits per heavy atom. The summed E-state index contributed by atoms with van der Waals surface area (Å²) >= 11 is 0. The molecule has 1 atom stereocenters. The highest BCUT2D eigenvalue weighted by atomic mass is 15.4. The van der Waals surface area contributed by atoms with Gasteiger partial charge in [0.1, 0.15) is 12.4 Å². The minimum atomic E-state index is -0.0104. The first kappa shape index (κ1) is 18.2. The molecule has 5 rings (SSSR count). The SMILES string of the molecule is CN(C)c1ccc([C@H]2C=C(c3ccc(-c4ccccc4)cc3)Nc3ncnn32)cc1. The zero-order valence-electron chi connectivity index (χ0n) is 17.0. The van der Waals surface area contributed by atoms with Crippen molar-refractivity contribution in [1.82, 2.24) is 14.8 Å². The highest BCUT2D eigenvalue weighted by Gasteiger charge is 2.23. The van der Waals surface area contributed by atoms with Gasteiger partial charge >= 0.3 is 0 Å². The van der Waals surface area contributed by atoms with E-state index < -0.39 is 0 Å². The molecule has 1 N–H and O–H groups in total. The van der Waals surface area contributed by atoms with Crippen LogP contribution in [0.1, 0.15) is 17.2 Å². The molecule has 0 fully saturated rings. The van der Waals surface area contributed by atoms with Gasteiger partial charge in [0.15, 0.2) is 0 Å². The number of nitrogens with one attached hydrogen (secondary N) is 1. The van der Waals surface area contributed by atoms with Gasteiger partial charge in [0.2, 0.25) is 5.95 Å². The van der Waals surface area contributed by atoms with Crippen molar-refractivity contribution < 1.29 is 0 Å². The summed E-state index contributed by atoms with van der Waals surface area (Å²) in [4.78, 5) is 6.51. The number of fused-ring (bicyclic) bond motifs is 1. The fraction of sp³-hybridized carbons (Fsp3) is 0.120. The van der Waals surface area contributed by atoms with Gasteiger partial charge in [-0.15, -0.1) is 0 Å². The third-order valence-electron chi connectivity index (χ3n) is 5.46. The van der Waals surface area contributed by atoms with Gasteiger partial charge in [0.25, 0.3) is 0 Å². The quantitative estimate of drug-likeness (QED) is 0.526. The van der Waals surface area contributed by atoms with Crippen LogP contribution in [0.15, 0.2) is 91.3 Å². The van der Waals surface area contributed by atoms with E-state index in [9.17, 15) is 0 Å². The number of rotatable bonds is 4. The molecule has 148 valence electrons. The molecular formula is C25H23N5. The summed E-state index contributed by atoms with van der Waals surface area (Å²) in [7, 11) is 4.10. The fourth-order valence-corrected chi connectivity index (χ4v) is 3.78. The van der Waals surface area contributed by atoms with E-state index in [0.717, 1.165) is 17.2 Å². The van der Waals surface area contributed by atoms with E-state index in [4.69, 9.17) is 0 Å². The molecule has 0 aliphatic carbocycles. The zero-order valence-corrected chi connectivity index (χ0v) is 17.0. The summed E-state index contributed by atoms with van der Waals surface area (Å²) in [5.41, 5.74) is 6.93. The molecule has 0 saturated carbocycles. The van der Waals surface area contributed by atoms with E-state index >= 15 is 0 Å². The lowest BCUT2D eigenvalue weighted by Crippen LogP contribution is -2.20. The second kappa shape index (κ2) is 7.52. The summed E-state index contributed by atoms with van der Waals surface area (Å²) < 4.78 is 1.92. The molecular weight excluding hydrogens is 370 g/mol. The first-order chi connectivity index (χ1) is 14.7. The lowest BCUT2D eigenvalue weighted by atomic mass is 9.99. The van der Waals surface area contributed by atoms with Crippen molar-refractivity contribution in [3.63, 3.8) is 0 Å². The van der Waals surface area contributed by atoms with Gasteiger partial charge < -0.3 is 10.2 Å². The molecule has 0 amide bonds. The Morgan fingerprint density at radius 1 is 0.800 bits per heavy atom. The molecule has 0 bridgehead atoms. The summed E-state index contributed by atoms with van der Waals surface area (Å²) in [5.74, 6) is 0.751. The molecule has 30 heavy (non-hydrogen) atoms. The highest BCUT2D eigenvalue weighted by molar-refractivity contribution is 5.78. The molecule has 2 heterocycles. The van der Waals surface area contributed by atoms with Crippen molar-refractivity contribution in [2.75, 3.05) is 24.3 Å². The zero-order chi connectivity index (χ0) is 20.5. The number of hydrogen-bond donors (Lipinski definition) is 1. The lowest BCUT2D eigenvalue weighted by molar-refractivity contribution is 0.612. The maximum Gasteiger partial charge on any atom is 0.226 e. The van der Waals surface area contributed by atoms with Crippen LogP contribution in [0.5, 0.6) is 0 Å². The second-order valence-electron chi connectivity index (χ2n) is 7.61. The van der Waals surface area contributed by atoms with Crippen molar-refractivity contribution in [2.24, 2.45) is 0 Å². The van der Waals surface area contributed by atoms with Gasteiger partial charge in [0.05, 0.1) is 0 Å². The topological polar surface area (TPSA) is 46.0 Å². The van der Waals surface area contributed by atoms with Crippen molar-refractivity contribution in [3.05, 3.63) is 102 Å². The Morgan fingerprint density at radius 2 is 1.47 bits per heavy atom. The second-order valence-corrected chi connectivity index (χ2v) is 7.61. The Labute approximate surface area is 176 Å². The molecule has 1 aliphatic heterocycles. The average molecular weight is 393 g/mol. The van der Waals surface area contributed by atoms with Crippen LogP contribution in [-0.4, -0.2) is 28.9 Å². The van der Waals surface area contributed by atoms with Crippen LogP contribution in [0.3, 0.4) is 0 Å². The van der Waals surface area contributed by atoms with E-state index in [1.807, 2.05) is 24.8 Å². The summed E-state index contributed by atoms with van der Waals surface area (Å²) in [5, 5.41) is 7.87. The normalized spacial score (nSPS) is 15.1. The first-order valence-electron chi connectivity index (χ1n) is 10.0. The van der Waals surface area contributed by atoms with Crippen LogP contribution in [0, 0.1) is 0 Å². The predicted octanol–water partition coefficient (Wildman–Crippen LogP) is 5.07. The molecule has 0 spiro atoms. The fourth-order valence-electron chi connectivity index (χ4n) is 3.78. The lowest BCUT2D eigenvalue weighted by Gasteiger charge is -2.25. The summed E-state index contributed by atoms with van der Waals surface area (Å²) in [6, 6.07) is 27.6. The summed E-state index contributed by atoms with van der Waals surface area (Å²) in [6.07, 6.45) is 3.81. The van der Waals surface area contributed by atoms with Crippen LogP contribution in [0.25, 0.3) is 16.8 Å². The molecule has 5 heteroatoms. The minimum absolute atomic E-state index is 0.0104. The standard InChI is InChI=1S/C25H23N5/c1-29(2)22-14-12-21(13-15-22)24-16-23(28-25-26-17-27-30(24)25)20-10-8-19(9-11-20)18-6-4-3-5-7-18/h3-17,24H,1-2H3,(H,26,27,28)/t24-/m1/s1. The largest absolute Gasteiger partial charge is 0.378 e. The van der Waals surface area contributed by atoms with Gasteiger partial charge in [-0.3, -0.25) is 0 Å². The van der Waals surface area contributed by atoms with Gasteiger partial charge in [-0.05, 0) is 40.5 Å². The monoisotopic (exact) mass is 393 g/mol. The number of anilines is 2. The molecule has 0 radical (unpaired) electrons. The van der Waals surface area contributed by atoms with Crippen molar-refractivity contribution in [3.8, 4) is 11.1 Å². The smallest absolute Gasteiger partial charge is 0.226 e. The Bertz CT molecular complexity index is 1170. The van der Waals surface area contributed by atoms with Crippen LogP contribution >= 0.6 is 0 Å². The Kier molecular flexibility index (Phi) is 4.56.